The highest BCUT2D eigenvalue weighted by Crippen LogP contribution is 2.27. The quantitative estimate of drug-likeness (QED) is 0.625. The number of hydrogen-bond acceptors (Lipinski definition) is 4. The van der Waals surface area contributed by atoms with E-state index in [-0.39, 0.29) is 11.9 Å². The summed E-state index contributed by atoms with van der Waals surface area (Å²) < 4.78 is 4.98. The van der Waals surface area contributed by atoms with Gasteiger partial charge in [0.2, 0.25) is 0 Å². The summed E-state index contributed by atoms with van der Waals surface area (Å²) in [5, 5.41) is 19.1. The van der Waals surface area contributed by atoms with Crippen LogP contribution in [0, 0.1) is 5.92 Å². The van der Waals surface area contributed by atoms with Crippen molar-refractivity contribution in [3.8, 4) is 0 Å². The van der Waals surface area contributed by atoms with E-state index in [4.69, 9.17) is 4.74 Å². The fraction of sp³-hybridized carbons (Fsp3) is 0.889. The largest absolute Gasteiger partial charge is 0.390 e. The van der Waals surface area contributed by atoms with Crippen molar-refractivity contribution in [2.24, 2.45) is 5.92 Å². The fourth-order valence-corrected chi connectivity index (χ4v) is 1.84. The van der Waals surface area contributed by atoms with Crippen LogP contribution in [0.25, 0.3) is 0 Å². The van der Waals surface area contributed by atoms with Crippen molar-refractivity contribution in [2.45, 2.75) is 38.1 Å². The number of rotatable bonds is 2. The van der Waals surface area contributed by atoms with Gasteiger partial charge in [0.05, 0.1) is 12.2 Å². The SMILES string of the molecule is CO[C@@H]1CC[C@H](C(C)=O)[C@H](O)[C@@H]1O. The predicted octanol–water partition coefficient (Wildman–Crippen LogP) is -0.278. The summed E-state index contributed by atoms with van der Waals surface area (Å²) in [6.07, 6.45) is -1.04. The van der Waals surface area contributed by atoms with Crippen LogP contribution in [0.5, 0.6) is 0 Å². The summed E-state index contributed by atoms with van der Waals surface area (Å²) in [7, 11) is 1.49. The maximum absolute atomic E-state index is 11.0. The predicted molar refractivity (Wildman–Crippen MR) is 46.2 cm³/mol. The molecule has 0 aromatic carbocycles. The van der Waals surface area contributed by atoms with Crippen molar-refractivity contribution in [1.82, 2.24) is 0 Å². The number of carbonyl (C=O) groups is 1. The molecule has 1 aliphatic carbocycles. The first-order valence-corrected chi connectivity index (χ1v) is 4.47. The normalized spacial score (nSPS) is 40.3. The van der Waals surface area contributed by atoms with Crippen LogP contribution in [0.2, 0.25) is 0 Å². The van der Waals surface area contributed by atoms with Gasteiger partial charge in [-0.2, -0.15) is 0 Å². The Labute approximate surface area is 77.5 Å². The Bertz CT molecular complexity index is 192. The monoisotopic (exact) mass is 188 g/mol. The Hall–Kier alpha value is -0.450. The number of ketones is 1. The number of Topliss-reactive ketones (excluding diaryl/α,β-unsaturated/α-hetero) is 1. The van der Waals surface area contributed by atoms with Crippen LogP contribution in [0.15, 0.2) is 0 Å². The molecule has 0 aliphatic heterocycles. The standard InChI is InChI=1S/C9H16O4/c1-5(10)6-3-4-7(13-2)9(12)8(6)11/h6-9,11-12H,3-4H2,1-2H3/t6-,7-,8+,9-/m1/s1. The molecule has 0 radical (unpaired) electrons. The summed E-state index contributed by atoms with van der Waals surface area (Å²) in [5.41, 5.74) is 0. The van der Waals surface area contributed by atoms with Crippen molar-refractivity contribution in [2.75, 3.05) is 7.11 Å². The van der Waals surface area contributed by atoms with Gasteiger partial charge < -0.3 is 14.9 Å². The van der Waals surface area contributed by atoms with Crippen LogP contribution < -0.4 is 0 Å². The van der Waals surface area contributed by atoms with Crippen molar-refractivity contribution in [3.05, 3.63) is 0 Å². The summed E-state index contributed by atoms with van der Waals surface area (Å²) in [4.78, 5) is 11.0. The zero-order valence-electron chi connectivity index (χ0n) is 7.93. The molecule has 0 aromatic rings. The van der Waals surface area contributed by atoms with Gasteiger partial charge in [0.15, 0.2) is 0 Å². The highest BCUT2D eigenvalue weighted by Gasteiger charge is 2.39. The first-order chi connectivity index (χ1) is 6.07. The molecular formula is C9H16O4. The second kappa shape index (κ2) is 4.17. The lowest BCUT2D eigenvalue weighted by Crippen LogP contribution is -2.49. The van der Waals surface area contributed by atoms with E-state index in [2.05, 4.69) is 0 Å². The third-order valence-electron chi connectivity index (χ3n) is 2.73. The summed E-state index contributed by atoms with van der Waals surface area (Å²) in [6.45, 7) is 1.44. The summed E-state index contributed by atoms with van der Waals surface area (Å²) >= 11 is 0. The van der Waals surface area contributed by atoms with Crippen LogP contribution in [0.3, 0.4) is 0 Å². The van der Waals surface area contributed by atoms with E-state index in [1.165, 1.54) is 14.0 Å². The molecule has 76 valence electrons. The molecule has 0 spiro atoms. The van der Waals surface area contributed by atoms with Gasteiger partial charge in [-0.05, 0) is 19.8 Å². The van der Waals surface area contributed by atoms with Crippen molar-refractivity contribution in [3.63, 3.8) is 0 Å². The van der Waals surface area contributed by atoms with Gasteiger partial charge in [0.25, 0.3) is 0 Å². The topological polar surface area (TPSA) is 66.8 Å². The van der Waals surface area contributed by atoms with E-state index in [1.54, 1.807) is 0 Å². The molecule has 0 aromatic heterocycles. The molecule has 2 N–H and O–H groups in total. The average Bonchev–Trinajstić information content (AvgIpc) is 2.09. The number of methoxy groups -OCH3 is 1. The van der Waals surface area contributed by atoms with Gasteiger partial charge in [-0.1, -0.05) is 0 Å². The van der Waals surface area contributed by atoms with Gasteiger partial charge in [-0.3, -0.25) is 4.79 Å². The molecule has 0 saturated heterocycles. The Balaban J connectivity index is 2.64. The third kappa shape index (κ3) is 2.07. The van der Waals surface area contributed by atoms with Gasteiger partial charge in [0.1, 0.15) is 11.9 Å². The second-order valence-corrected chi connectivity index (χ2v) is 3.55. The Morgan fingerprint density at radius 1 is 1.31 bits per heavy atom. The molecule has 1 aliphatic rings. The zero-order valence-corrected chi connectivity index (χ0v) is 7.93. The minimum Gasteiger partial charge on any atom is -0.390 e. The van der Waals surface area contributed by atoms with Crippen LogP contribution in [0.1, 0.15) is 19.8 Å². The molecule has 1 saturated carbocycles. The lowest BCUT2D eigenvalue weighted by molar-refractivity contribution is -0.145. The number of ether oxygens (including phenoxy) is 1. The van der Waals surface area contributed by atoms with Gasteiger partial charge in [-0.15, -0.1) is 0 Å². The number of aliphatic hydroxyl groups is 2. The van der Waals surface area contributed by atoms with Crippen molar-refractivity contribution < 1.29 is 19.7 Å². The molecule has 13 heavy (non-hydrogen) atoms. The molecule has 0 unspecified atom stereocenters. The van der Waals surface area contributed by atoms with E-state index in [0.29, 0.717) is 12.8 Å². The lowest BCUT2D eigenvalue weighted by atomic mass is 9.80. The zero-order chi connectivity index (χ0) is 10.0. The third-order valence-corrected chi connectivity index (χ3v) is 2.73. The van der Waals surface area contributed by atoms with Crippen LogP contribution >= 0.6 is 0 Å². The van der Waals surface area contributed by atoms with Crippen LogP contribution in [0.4, 0.5) is 0 Å². The molecule has 0 heterocycles. The number of aliphatic hydroxyl groups excluding tert-OH is 2. The Morgan fingerprint density at radius 3 is 2.38 bits per heavy atom. The number of hydrogen-bond donors (Lipinski definition) is 2. The van der Waals surface area contributed by atoms with Gasteiger partial charge in [-0.25, -0.2) is 0 Å². The molecule has 1 rings (SSSR count). The molecule has 1 fully saturated rings. The van der Waals surface area contributed by atoms with Crippen LogP contribution in [-0.2, 0) is 9.53 Å². The highest BCUT2D eigenvalue weighted by molar-refractivity contribution is 5.79. The first kappa shape index (κ1) is 10.6. The van der Waals surface area contributed by atoms with Gasteiger partial charge in [0, 0.05) is 13.0 Å². The Morgan fingerprint density at radius 2 is 1.92 bits per heavy atom. The minimum atomic E-state index is -0.976. The van der Waals surface area contributed by atoms with E-state index in [0.717, 1.165) is 0 Å². The molecule has 4 heteroatoms. The van der Waals surface area contributed by atoms with E-state index in [9.17, 15) is 15.0 Å². The molecule has 0 bridgehead atoms. The van der Waals surface area contributed by atoms with Crippen LogP contribution in [-0.4, -0.2) is 41.4 Å². The van der Waals surface area contributed by atoms with E-state index in [1.807, 2.05) is 0 Å². The Kier molecular flexibility index (Phi) is 3.41. The molecule has 4 nitrogen and oxygen atoms in total. The van der Waals surface area contributed by atoms with Crippen molar-refractivity contribution in [1.29, 1.82) is 0 Å². The van der Waals surface area contributed by atoms with Crippen molar-refractivity contribution >= 4 is 5.78 Å². The summed E-state index contributed by atoms with van der Waals surface area (Å²) in [5.74, 6) is -0.498. The lowest BCUT2D eigenvalue weighted by Gasteiger charge is -2.35. The van der Waals surface area contributed by atoms with E-state index >= 15 is 0 Å². The molecular weight excluding hydrogens is 172 g/mol. The highest BCUT2D eigenvalue weighted by atomic mass is 16.5. The average molecular weight is 188 g/mol. The molecule has 4 atom stereocenters. The number of carbonyl (C=O) groups excluding carboxylic acids is 1. The molecule has 0 amide bonds. The maximum Gasteiger partial charge on any atom is 0.135 e. The van der Waals surface area contributed by atoms with E-state index < -0.39 is 18.1 Å². The smallest absolute Gasteiger partial charge is 0.135 e. The minimum absolute atomic E-state index is 0.0684. The first-order valence-electron chi connectivity index (χ1n) is 4.47. The second-order valence-electron chi connectivity index (χ2n) is 3.55. The summed E-state index contributed by atoms with van der Waals surface area (Å²) in [6, 6.07) is 0. The fourth-order valence-electron chi connectivity index (χ4n) is 1.84. The van der Waals surface area contributed by atoms with Gasteiger partial charge >= 0.3 is 0 Å². The maximum atomic E-state index is 11.0.